The Morgan fingerprint density at radius 1 is 1.71 bits per heavy atom. The molecule has 3 rings (SSSR count). The predicted octanol–water partition coefficient (Wildman–Crippen LogP) is 0.980. The summed E-state index contributed by atoms with van der Waals surface area (Å²) in [5.41, 5.74) is 3.34. The standard InChI is InChI=1S/C10H11BrN2O/c1-10-7-4-6(11)2-3-9(10)13(10)12-8(7)5-14/h2-5,7-9,12H,1H3/t7?,8?,9?,10-,13?/m1/s1. The van der Waals surface area contributed by atoms with Gasteiger partial charge in [-0.25, -0.2) is 10.4 Å². The van der Waals surface area contributed by atoms with Gasteiger partial charge in [-0.15, -0.1) is 0 Å². The fourth-order valence-electron chi connectivity index (χ4n) is 2.69. The molecule has 2 heterocycles. The van der Waals surface area contributed by atoms with Gasteiger partial charge in [0.1, 0.15) is 6.29 Å². The van der Waals surface area contributed by atoms with Crippen LogP contribution in [0.1, 0.15) is 6.92 Å². The van der Waals surface area contributed by atoms with Crippen molar-refractivity contribution in [2.24, 2.45) is 5.92 Å². The molecule has 2 aliphatic heterocycles. The van der Waals surface area contributed by atoms with Gasteiger partial charge in [-0.1, -0.05) is 34.2 Å². The lowest BCUT2D eigenvalue weighted by molar-refractivity contribution is -0.110. The molecule has 0 aromatic carbocycles. The first-order valence-electron chi connectivity index (χ1n) is 4.74. The zero-order valence-electron chi connectivity index (χ0n) is 7.77. The Labute approximate surface area is 90.9 Å². The van der Waals surface area contributed by atoms with Gasteiger partial charge in [0.05, 0.1) is 17.6 Å². The highest BCUT2D eigenvalue weighted by Crippen LogP contribution is 2.53. The maximum Gasteiger partial charge on any atom is 0.138 e. The van der Waals surface area contributed by atoms with Crippen molar-refractivity contribution in [3.05, 3.63) is 22.7 Å². The van der Waals surface area contributed by atoms with Gasteiger partial charge in [0.2, 0.25) is 0 Å². The van der Waals surface area contributed by atoms with Crippen LogP contribution in [0.3, 0.4) is 0 Å². The molecule has 0 bridgehead atoms. The number of rotatable bonds is 1. The molecular weight excluding hydrogens is 244 g/mol. The number of nitrogens with zero attached hydrogens (tertiary/aromatic N) is 1. The van der Waals surface area contributed by atoms with Crippen molar-refractivity contribution < 1.29 is 4.79 Å². The van der Waals surface area contributed by atoms with E-state index < -0.39 is 0 Å². The Morgan fingerprint density at radius 3 is 3.21 bits per heavy atom. The monoisotopic (exact) mass is 254 g/mol. The van der Waals surface area contributed by atoms with Crippen molar-refractivity contribution in [1.82, 2.24) is 10.4 Å². The van der Waals surface area contributed by atoms with Gasteiger partial charge in [-0.3, -0.25) is 0 Å². The van der Waals surface area contributed by atoms with Crippen LogP contribution < -0.4 is 5.43 Å². The summed E-state index contributed by atoms with van der Waals surface area (Å²) in [5.74, 6) is 0.273. The second-order valence-electron chi connectivity index (χ2n) is 4.27. The summed E-state index contributed by atoms with van der Waals surface area (Å²) >= 11 is 3.48. The van der Waals surface area contributed by atoms with E-state index in [-0.39, 0.29) is 17.5 Å². The number of hydrogen-bond donors (Lipinski definition) is 1. The van der Waals surface area contributed by atoms with Gasteiger partial charge < -0.3 is 4.79 Å². The highest BCUT2D eigenvalue weighted by atomic mass is 79.9. The van der Waals surface area contributed by atoms with E-state index in [2.05, 4.69) is 51.5 Å². The van der Waals surface area contributed by atoms with Crippen molar-refractivity contribution >= 4 is 22.2 Å². The van der Waals surface area contributed by atoms with Crippen molar-refractivity contribution in [2.45, 2.75) is 24.5 Å². The number of hydrazine groups is 1. The van der Waals surface area contributed by atoms with Gasteiger partial charge in [-0.05, 0) is 6.92 Å². The summed E-state index contributed by atoms with van der Waals surface area (Å²) in [7, 11) is 0. The van der Waals surface area contributed by atoms with E-state index in [1.165, 1.54) is 0 Å². The van der Waals surface area contributed by atoms with E-state index >= 15 is 0 Å². The molecule has 14 heavy (non-hydrogen) atoms. The van der Waals surface area contributed by atoms with Gasteiger partial charge >= 0.3 is 0 Å². The summed E-state index contributed by atoms with van der Waals surface area (Å²) < 4.78 is 1.08. The zero-order valence-corrected chi connectivity index (χ0v) is 9.36. The van der Waals surface area contributed by atoms with Crippen LogP contribution in [0.15, 0.2) is 22.7 Å². The number of halogens is 1. The van der Waals surface area contributed by atoms with Crippen molar-refractivity contribution in [1.29, 1.82) is 0 Å². The third-order valence-corrected chi connectivity index (χ3v) is 4.13. The predicted molar refractivity (Wildman–Crippen MR) is 56.7 cm³/mol. The number of carbonyl (C=O) groups is 1. The van der Waals surface area contributed by atoms with Crippen molar-refractivity contribution in [2.75, 3.05) is 0 Å². The molecule has 0 aromatic heterocycles. The Bertz CT molecular complexity index is 365. The molecule has 0 spiro atoms. The molecule has 5 atom stereocenters. The highest BCUT2D eigenvalue weighted by molar-refractivity contribution is 9.11. The molecule has 0 aromatic rings. The third kappa shape index (κ3) is 0.865. The van der Waals surface area contributed by atoms with E-state index in [9.17, 15) is 4.79 Å². The SMILES string of the molecule is C[C@@]12C3C=C(Br)C=CC1N2NC3C=O. The molecule has 3 aliphatic rings. The Hall–Kier alpha value is -0.450. The second kappa shape index (κ2) is 2.56. The van der Waals surface area contributed by atoms with Crippen LogP contribution in [0.2, 0.25) is 0 Å². The fraction of sp³-hybridized carbons (Fsp3) is 0.500. The smallest absolute Gasteiger partial charge is 0.138 e. The van der Waals surface area contributed by atoms with E-state index in [0.29, 0.717) is 6.04 Å². The number of nitrogens with one attached hydrogen (secondary N) is 1. The number of aldehydes is 1. The molecular formula is C10H11BrN2O. The molecule has 2 fully saturated rings. The molecule has 1 N–H and O–H groups in total. The van der Waals surface area contributed by atoms with Crippen LogP contribution in [0.4, 0.5) is 0 Å². The Kier molecular flexibility index (Phi) is 1.62. The topological polar surface area (TPSA) is 32.1 Å². The van der Waals surface area contributed by atoms with Gasteiger partial charge in [-0.2, -0.15) is 0 Å². The van der Waals surface area contributed by atoms with Gasteiger partial charge in [0.25, 0.3) is 0 Å². The first kappa shape index (κ1) is 8.83. The first-order chi connectivity index (χ1) is 6.67. The molecule has 74 valence electrons. The van der Waals surface area contributed by atoms with Crippen LogP contribution in [-0.4, -0.2) is 28.9 Å². The molecule has 1 aliphatic carbocycles. The van der Waals surface area contributed by atoms with Crippen LogP contribution in [0.5, 0.6) is 0 Å². The lowest BCUT2D eigenvalue weighted by atomic mass is 9.86. The first-order valence-corrected chi connectivity index (χ1v) is 5.53. The van der Waals surface area contributed by atoms with E-state index in [0.717, 1.165) is 10.8 Å². The molecule has 3 nitrogen and oxygen atoms in total. The summed E-state index contributed by atoms with van der Waals surface area (Å²) in [6.07, 6.45) is 7.38. The van der Waals surface area contributed by atoms with E-state index in [4.69, 9.17) is 0 Å². The minimum Gasteiger partial charge on any atom is -0.302 e. The quantitative estimate of drug-likeness (QED) is 0.560. The average Bonchev–Trinajstić information content (AvgIpc) is 2.63. The van der Waals surface area contributed by atoms with Crippen molar-refractivity contribution in [3.8, 4) is 0 Å². The van der Waals surface area contributed by atoms with Crippen molar-refractivity contribution in [3.63, 3.8) is 0 Å². The van der Waals surface area contributed by atoms with Gasteiger partial charge in [0, 0.05) is 10.4 Å². The summed E-state index contributed by atoms with van der Waals surface area (Å²) in [6, 6.07) is 0.374. The minimum absolute atomic E-state index is 0.0660. The van der Waals surface area contributed by atoms with Gasteiger partial charge in [0.15, 0.2) is 0 Å². The molecule has 0 amide bonds. The third-order valence-electron chi connectivity index (χ3n) is 3.60. The van der Waals surface area contributed by atoms with Crippen LogP contribution in [-0.2, 0) is 4.79 Å². The second-order valence-corrected chi connectivity index (χ2v) is 5.18. The minimum atomic E-state index is -0.0660. The molecule has 2 saturated heterocycles. The molecule has 0 saturated carbocycles. The summed E-state index contributed by atoms with van der Waals surface area (Å²) in [5, 5.41) is 2.17. The van der Waals surface area contributed by atoms with E-state index in [1.807, 2.05) is 0 Å². The average molecular weight is 255 g/mol. The number of hydrogen-bond acceptors (Lipinski definition) is 3. The Balaban J connectivity index is 2.04. The summed E-state index contributed by atoms with van der Waals surface area (Å²) in [4.78, 5) is 10.9. The maximum atomic E-state index is 10.9. The molecule has 4 unspecified atom stereocenters. The fourth-order valence-corrected chi connectivity index (χ4v) is 3.13. The van der Waals surface area contributed by atoms with Crippen LogP contribution >= 0.6 is 15.9 Å². The highest BCUT2D eigenvalue weighted by Gasteiger charge is 2.69. The Morgan fingerprint density at radius 2 is 2.50 bits per heavy atom. The number of carbonyl (C=O) groups excluding carboxylic acids is 1. The molecule has 0 radical (unpaired) electrons. The number of allylic oxidation sites excluding steroid dienone is 2. The maximum absolute atomic E-state index is 10.9. The van der Waals surface area contributed by atoms with Crippen LogP contribution in [0.25, 0.3) is 0 Å². The van der Waals surface area contributed by atoms with E-state index in [1.54, 1.807) is 0 Å². The van der Waals surface area contributed by atoms with Crippen LogP contribution in [0, 0.1) is 5.92 Å². The molecule has 4 heteroatoms. The lowest BCUT2D eigenvalue weighted by Gasteiger charge is -2.17. The largest absolute Gasteiger partial charge is 0.302 e. The summed E-state index contributed by atoms with van der Waals surface area (Å²) in [6.45, 7) is 2.20. The lowest BCUT2D eigenvalue weighted by Crippen LogP contribution is -2.37. The normalized spacial score (nSPS) is 53.4. The number of fused-ring (bicyclic) bond motifs is 1. The zero-order chi connectivity index (χ0) is 9.92.